The van der Waals surface area contributed by atoms with Crippen LogP contribution in [0.15, 0.2) is 18.3 Å². The molecular formula is C8H4F3N3. The van der Waals surface area contributed by atoms with Gasteiger partial charge in [0.2, 0.25) is 0 Å². The van der Waals surface area contributed by atoms with Crippen LogP contribution >= 0.6 is 0 Å². The molecule has 0 spiro atoms. The first-order valence-electron chi connectivity index (χ1n) is 3.69. The number of nitrogens with one attached hydrogen (secondary N) is 1. The first-order valence-corrected chi connectivity index (χ1v) is 3.69. The van der Waals surface area contributed by atoms with Crippen LogP contribution in [0, 0.1) is 17.5 Å². The molecule has 1 N–H and O–H groups in total. The van der Waals surface area contributed by atoms with E-state index in [1.807, 2.05) is 0 Å². The topological polar surface area (TPSA) is 41.6 Å². The minimum absolute atomic E-state index is 0.134. The van der Waals surface area contributed by atoms with Crippen LogP contribution in [0.1, 0.15) is 0 Å². The molecule has 2 rings (SSSR count). The third-order valence-electron chi connectivity index (χ3n) is 1.69. The van der Waals surface area contributed by atoms with E-state index in [-0.39, 0.29) is 11.3 Å². The fraction of sp³-hybridized carbons (Fsp3) is 0. The number of rotatable bonds is 1. The monoisotopic (exact) mass is 199 g/mol. The molecule has 0 aliphatic rings. The maximum Gasteiger partial charge on any atom is 0.194 e. The van der Waals surface area contributed by atoms with Crippen LogP contribution < -0.4 is 0 Å². The maximum absolute atomic E-state index is 12.8. The highest BCUT2D eigenvalue weighted by atomic mass is 19.2. The zero-order valence-electron chi connectivity index (χ0n) is 6.76. The lowest BCUT2D eigenvalue weighted by atomic mass is 10.1. The first-order chi connectivity index (χ1) is 6.68. The van der Waals surface area contributed by atoms with Crippen LogP contribution in [0.25, 0.3) is 11.3 Å². The molecule has 0 amide bonds. The molecule has 0 radical (unpaired) electrons. The minimum atomic E-state index is -1.49. The summed E-state index contributed by atoms with van der Waals surface area (Å²) >= 11 is 0. The predicted octanol–water partition coefficient (Wildman–Crippen LogP) is 1.89. The molecule has 2 aromatic rings. The number of hydrogen-bond donors (Lipinski definition) is 1. The van der Waals surface area contributed by atoms with E-state index in [2.05, 4.69) is 15.4 Å². The van der Waals surface area contributed by atoms with E-state index in [1.54, 1.807) is 0 Å². The van der Waals surface area contributed by atoms with E-state index >= 15 is 0 Å². The molecule has 6 heteroatoms. The van der Waals surface area contributed by atoms with Crippen LogP contribution in [-0.4, -0.2) is 15.4 Å². The number of benzene rings is 1. The minimum Gasteiger partial charge on any atom is -0.204 e. The van der Waals surface area contributed by atoms with Crippen LogP contribution in [0.5, 0.6) is 0 Å². The van der Waals surface area contributed by atoms with Crippen LogP contribution in [0.3, 0.4) is 0 Å². The zero-order valence-corrected chi connectivity index (χ0v) is 6.76. The van der Waals surface area contributed by atoms with Gasteiger partial charge in [0.1, 0.15) is 5.69 Å². The Morgan fingerprint density at radius 2 is 1.71 bits per heavy atom. The summed E-state index contributed by atoms with van der Waals surface area (Å²) in [4.78, 5) is 0. The molecule has 0 atom stereocenters. The molecule has 0 fully saturated rings. The molecular weight excluding hydrogens is 195 g/mol. The number of aromatic amines is 1. The fourth-order valence-electron chi connectivity index (χ4n) is 1.04. The summed E-state index contributed by atoms with van der Waals surface area (Å²) in [5.41, 5.74) is 0.387. The van der Waals surface area contributed by atoms with Crippen molar-refractivity contribution in [2.75, 3.05) is 0 Å². The van der Waals surface area contributed by atoms with Crippen molar-refractivity contribution in [3.63, 3.8) is 0 Å². The van der Waals surface area contributed by atoms with Crippen LogP contribution in [0.2, 0.25) is 0 Å². The fourth-order valence-corrected chi connectivity index (χ4v) is 1.04. The molecule has 14 heavy (non-hydrogen) atoms. The van der Waals surface area contributed by atoms with Gasteiger partial charge in [0, 0.05) is 5.56 Å². The second-order valence-electron chi connectivity index (χ2n) is 2.61. The summed E-state index contributed by atoms with van der Waals surface area (Å²) in [6, 6.07) is 1.71. The predicted molar refractivity (Wildman–Crippen MR) is 41.7 cm³/mol. The lowest BCUT2D eigenvalue weighted by molar-refractivity contribution is 0.447. The van der Waals surface area contributed by atoms with Crippen molar-refractivity contribution >= 4 is 0 Å². The van der Waals surface area contributed by atoms with E-state index < -0.39 is 17.5 Å². The molecule has 72 valence electrons. The number of H-pyrrole nitrogens is 1. The van der Waals surface area contributed by atoms with Crippen molar-refractivity contribution in [3.8, 4) is 11.3 Å². The summed E-state index contributed by atoms with van der Waals surface area (Å²) in [7, 11) is 0. The van der Waals surface area contributed by atoms with Gasteiger partial charge in [-0.2, -0.15) is 15.4 Å². The van der Waals surface area contributed by atoms with E-state index in [9.17, 15) is 13.2 Å². The van der Waals surface area contributed by atoms with Gasteiger partial charge in [-0.05, 0) is 12.1 Å². The van der Waals surface area contributed by atoms with Crippen molar-refractivity contribution in [2.45, 2.75) is 0 Å². The normalized spacial score (nSPS) is 10.5. The van der Waals surface area contributed by atoms with Gasteiger partial charge >= 0.3 is 0 Å². The van der Waals surface area contributed by atoms with Gasteiger partial charge in [-0.15, -0.1) is 0 Å². The Bertz CT molecular complexity index is 430. The summed E-state index contributed by atoms with van der Waals surface area (Å²) in [6.45, 7) is 0. The second-order valence-corrected chi connectivity index (χ2v) is 2.61. The number of aromatic nitrogens is 3. The second kappa shape index (κ2) is 3.13. The van der Waals surface area contributed by atoms with Gasteiger partial charge in [0.05, 0.1) is 6.20 Å². The molecule has 3 nitrogen and oxygen atoms in total. The molecule has 1 aromatic heterocycles. The lowest BCUT2D eigenvalue weighted by Crippen LogP contribution is -1.91. The van der Waals surface area contributed by atoms with Crippen molar-refractivity contribution in [3.05, 3.63) is 35.8 Å². The van der Waals surface area contributed by atoms with E-state index in [0.29, 0.717) is 0 Å². The Morgan fingerprint density at radius 3 is 2.21 bits per heavy atom. The zero-order chi connectivity index (χ0) is 10.1. The summed E-state index contributed by atoms with van der Waals surface area (Å²) in [5, 5.41) is 9.36. The standard InChI is InChI=1S/C8H4F3N3/c9-5-1-4(2-6(10)8(5)11)7-3-12-14-13-7/h1-3H,(H,12,13,14). The molecule has 0 aliphatic carbocycles. The number of nitrogens with zero attached hydrogens (tertiary/aromatic N) is 2. The van der Waals surface area contributed by atoms with Crippen molar-refractivity contribution in [1.82, 2.24) is 15.4 Å². The average molecular weight is 199 g/mol. The summed E-state index contributed by atoms with van der Waals surface area (Å²) in [5.74, 6) is -3.98. The third-order valence-corrected chi connectivity index (χ3v) is 1.69. The Kier molecular flexibility index (Phi) is 1.95. The highest BCUT2D eigenvalue weighted by Crippen LogP contribution is 2.20. The summed E-state index contributed by atoms with van der Waals surface area (Å²) < 4.78 is 38.1. The molecule has 0 saturated heterocycles. The Morgan fingerprint density at radius 1 is 1.07 bits per heavy atom. The molecule has 0 bridgehead atoms. The molecule has 0 aliphatic heterocycles. The van der Waals surface area contributed by atoms with Gasteiger partial charge in [0.15, 0.2) is 17.5 Å². The SMILES string of the molecule is Fc1cc(-c2cn[nH]n2)cc(F)c1F. The number of halogens is 3. The molecule has 1 aromatic carbocycles. The third kappa shape index (κ3) is 1.34. The maximum atomic E-state index is 12.8. The van der Waals surface area contributed by atoms with Crippen molar-refractivity contribution < 1.29 is 13.2 Å². The summed E-state index contributed by atoms with van der Waals surface area (Å²) in [6.07, 6.45) is 1.28. The quantitative estimate of drug-likeness (QED) is 0.712. The molecule has 0 saturated carbocycles. The number of hydrogen-bond acceptors (Lipinski definition) is 2. The van der Waals surface area contributed by atoms with Gasteiger partial charge in [-0.3, -0.25) is 0 Å². The highest BCUT2D eigenvalue weighted by Gasteiger charge is 2.12. The van der Waals surface area contributed by atoms with Crippen LogP contribution in [-0.2, 0) is 0 Å². The van der Waals surface area contributed by atoms with E-state index in [0.717, 1.165) is 12.1 Å². The van der Waals surface area contributed by atoms with E-state index in [1.165, 1.54) is 6.20 Å². The largest absolute Gasteiger partial charge is 0.204 e. The van der Waals surface area contributed by atoms with Gasteiger partial charge in [-0.1, -0.05) is 0 Å². The van der Waals surface area contributed by atoms with Crippen molar-refractivity contribution in [2.24, 2.45) is 0 Å². The average Bonchev–Trinajstić information content (AvgIpc) is 2.66. The highest BCUT2D eigenvalue weighted by molar-refractivity contribution is 5.57. The Balaban J connectivity index is 2.57. The molecule has 0 unspecified atom stereocenters. The van der Waals surface area contributed by atoms with Gasteiger partial charge in [-0.25, -0.2) is 13.2 Å². The van der Waals surface area contributed by atoms with Crippen molar-refractivity contribution in [1.29, 1.82) is 0 Å². The lowest BCUT2D eigenvalue weighted by Gasteiger charge is -1.98. The Hall–Kier alpha value is -1.85. The molecule has 1 heterocycles. The van der Waals surface area contributed by atoms with Gasteiger partial charge < -0.3 is 0 Å². The van der Waals surface area contributed by atoms with E-state index in [4.69, 9.17) is 0 Å². The van der Waals surface area contributed by atoms with Gasteiger partial charge in [0.25, 0.3) is 0 Å². The smallest absolute Gasteiger partial charge is 0.194 e. The Labute approximate surface area is 76.6 Å². The first kappa shape index (κ1) is 8.74. The van der Waals surface area contributed by atoms with Crippen LogP contribution in [0.4, 0.5) is 13.2 Å².